The number of likely N-dealkylation sites (tertiary alicyclic amines) is 1. The van der Waals surface area contributed by atoms with Crippen LogP contribution in [-0.4, -0.2) is 49.9 Å². The summed E-state index contributed by atoms with van der Waals surface area (Å²) in [6.45, 7) is 4.97. The van der Waals surface area contributed by atoms with Gasteiger partial charge < -0.3 is 15.5 Å². The molecule has 0 spiro atoms. The first-order chi connectivity index (χ1) is 14.9. The Hall–Kier alpha value is -2.93. The monoisotopic (exact) mass is 424 g/mol. The third kappa shape index (κ3) is 4.71. The molecule has 2 aromatic carbocycles. The fraction of sp³-hybridized carbons (Fsp3) is 0.417. The second-order valence-corrected chi connectivity index (χ2v) is 8.45. The van der Waals surface area contributed by atoms with Gasteiger partial charge in [-0.05, 0) is 74.2 Å². The fourth-order valence-corrected chi connectivity index (χ4v) is 4.43. The number of benzene rings is 2. The summed E-state index contributed by atoms with van der Waals surface area (Å²) < 4.78 is 13.7. The van der Waals surface area contributed by atoms with Gasteiger partial charge in [-0.25, -0.2) is 4.39 Å². The third-order valence-corrected chi connectivity index (χ3v) is 6.29. The Labute approximate surface area is 182 Å². The number of carbonyl (C=O) groups is 2. The van der Waals surface area contributed by atoms with Gasteiger partial charge in [0.15, 0.2) is 0 Å². The topological polar surface area (TPSA) is 64.7 Å². The number of hydrogen-bond donors (Lipinski definition) is 2. The van der Waals surface area contributed by atoms with Crippen molar-refractivity contribution in [1.82, 2.24) is 10.2 Å². The maximum Gasteiger partial charge on any atom is 0.313 e. The number of rotatable bonds is 5. The van der Waals surface area contributed by atoms with E-state index >= 15 is 0 Å². The molecule has 1 unspecified atom stereocenters. The highest BCUT2D eigenvalue weighted by atomic mass is 19.1. The van der Waals surface area contributed by atoms with Crippen molar-refractivity contribution in [2.45, 2.75) is 32.2 Å². The minimum Gasteiger partial charge on any atom is -0.374 e. The number of anilines is 2. The van der Waals surface area contributed by atoms with E-state index < -0.39 is 17.6 Å². The minimum atomic E-state index is -0.793. The van der Waals surface area contributed by atoms with Gasteiger partial charge >= 0.3 is 11.8 Å². The van der Waals surface area contributed by atoms with Crippen LogP contribution in [0, 0.1) is 12.7 Å². The van der Waals surface area contributed by atoms with E-state index in [-0.39, 0.29) is 11.7 Å². The summed E-state index contributed by atoms with van der Waals surface area (Å²) in [5.41, 5.74) is 4.50. The number of aryl methyl sites for hydroxylation is 1. The van der Waals surface area contributed by atoms with Crippen molar-refractivity contribution in [3.05, 3.63) is 58.9 Å². The van der Waals surface area contributed by atoms with E-state index in [1.807, 2.05) is 0 Å². The molecule has 2 aromatic rings. The van der Waals surface area contributed by atoms with Crippen LogP contribution in [0.1, 0.15) is 35.6 Å². The maximum absolute atomic E-state index is 13.7. The van der Waals surface area contributed by atoms with Crippen molar-refractivity contribution in [2.75, 3.05) is 43.4 Å². The van der Waals surface area contributed by atoms with Crippen LogP contribution in [0.4, 0.5) is 15.8 Å². The summed E-state index contributed by atoms with van der Waals surface area (Å²) in [6, 6.07) is 10.9. The van der Waals surface area contributed by atoms with E-state index in [0.29, 0.717) is 12.1 Å². The van der Waals surface area contributed by atoms with Gasteiger partial charge in [-0.3, -0.25) is 14.5 Å². The molecule has 2 N–H and O–H groups in total. The van der Waals surface area contributed by atoms with Gasteiger partial charge in [0.25, 0.3) is 0 Å². The summed E-state index contributed by atoms with van der Waals surface area (Å²) in [7, 11) is 2.10. The molecule has 164 valence electrons. The molecule has 2 aliphatic heterocycles. The van der Waals surface area contributed by atoms with Gasteiger partial charge in [0.2, 0.25) is 0 Å². The number of fused-ring (bicyclic) bond motifs is 1. The van der Waals surface area contributed by atoms with Gasteiger partial charge in [0, 0.05) is 31.5 Å². The van der Waals surface area contributed by atoms with Crippen LogP contribution in [0.25, 0.3) is 0 Å². The molecule has 1 atom stereocenters. The predicted octanol–water partition coefficient (Wildman–Crippen LogP) is 3.02. The molecule has 1 saturated heterocycles. The van der Waals surface area contributed by atoms with Gasteiger partial charge in [-0.2, -0.15) is 0 Å². The van der Waals surface area contributed by atoms with Gasteiger partial charge in [-0.1, -0.05) is 18.2 Å². The summed E-state index contributed by atoms with van der Waals surface area (Å²) in [5, 5.41) is 5.26. The first-order valence-electron chi connectivity index (χ1n) is 10.9. The third-order valence-electron chi connectivity index (χ3n) is 6.29. The first-order valence-corrected chi connectivity index (χ1v) is 10.9. The zero-order chi connectivity index (χ0) is 22.0. The van der Waals surface area contributed by atoms with Crippen molar-refractivity contribution in [3.63, 3.8) is 0 Å². The van der Waals surface area contributed by atoms with Crippen molar-refractivity contribution in [1.29, 1.82) is 0 Å². The lowest BCUT2D eigenvalue weighted by atomic mass is 10.0. The molecule has 4 rings (SSSR count). The molecular formula is C24H29FN4O2. The Kier molecular flexibility index (Phi) is 6.23. The van der Waals surface area contributed by atoms with Crippen LogP contribution < -0.4 is 15.5 Å². The molecule has 7 heteroatoms. The number of halogens is 1. The average Bonchev–Trinajstić information content (AvgIpc) is 3.41. The molecule has 0 bridgehead atoms. The highest BCUT2D eigenvalue weighted by Gasteiger charge is 2.27. The number of amides is 2. The standard InChI is InChI=1S/C24H29FN4O2/c1-16-5-7-19(14-20(16)25)27-24(31)23(30)26-15-22(29-10-3-4-11-29)17-6-8-21-18(13-17)9-12-28(21)2/h5-8,13-14,22H,3-4,9-12,15H2,1-2H3,(H,26,30)(H,27,31). The molecule has 31 heavy (non-hydrogen) atoms. The molecule has 2 heterocycles. The molecule has 0 aromatic heterocycles. The van der Waals surface area contributed by atoms with E-state index in [1.54, 1.807) is 19.1 Å². The van der Waals surface area contributed by atoms with E-state index in [4.69, 9.17) is 0 Å². The fourth-order valence-electron chi connectivity index (χ4n) is 4.43. The smallest absolute Gasteiger partial charge is 0.313 e. The summed E-state index contributed by atoms with van der Waals surface area (Å²) >= 11 is 0. The molecule has 6 nitrogen and oxygen atoms in total. The largest absolute Gasteiger partial charge is 0.374 e. The highest BCUT2D eigenvalue weighted by Crippen LogP contribution is 2.32. The van der Waals surface area contributed by atoms with Crippen LogP contribution >= 0.6 is 0 Å². The van der Waals surface area contributed by atoms with Crippen LogP contribution in [0.15, 0.2) is 36.4 Å². The lowest BCUT2D eigenvalue weighted by Gasteiger charge is -2.28. The Morgan fingerprint density at radius 1 is 1.06 bits per heavy atom. The minimum absolute atomic E-state index is 0.0206. The molecule has 0 radical (unpaired) electrons. The Morgan fingerprint density at radius 2 is 1.84 bits per heavy atom. The number of nitrogens with zero attached hydrogens (tertiary/aromatic N) is 2. The highest BCUT2D eigenvalue weighted by molar-refractivity contribution is 6.39. The van der Waals surface area contributed by atoms with Crippen LogP contribution in [-0.2, 0) is 16.0 Å². The number of hydrogen-bond acceptors (Lipinski definition) is 4. The van der Waals surface area contributed by atoms with Crippen molar-refractivity contribution >= 4 is 23.2 Å². The van der Waals surface area contributed by atoms with Gasteiger partial charge in [0.1, 0.15) is 5.82 Å². The summed E-state index contributed by atoms with van der Waals surface area (Å²) in [6.07, 6.45) is 3.30. The predicted molar refractivity (Wildman–Crippen MR) is 120 cm³/mol. The molecule has 0 saturated carbocycles. The maximum atomic E-state index is 13.7. The van der Waals surface area contributed by atoms with Crippen LogP contribution in [0.3, 0.4) is 0 Å². The van der Waals surface area contributed by atoms with Crippen molar-refractivity contribution < 1.29 is 14.0 Å². The van der Waals surface area contributed by atoms with E-state index in [0.717, 1.165) is 44.5 Å². The second-order valence-electron chi connectivity index (χ2n) is 8.45. The number of likely N-dealkylation sites (N-methyl/N-ethyl adjacent to an activating group) is 1. The zero-order valence-electron chi connectivity index (χ0n) is 18.1. The van der Waals surface area contributed by atoms with E-state index in [2.05, 4.69) is 45.7 Å². The second kappa shape index (κ2) is 9.06. The van der Waals surface area contributed by atoms with Crippen molar-refractivity contribution in [2.24, 2.45) is 0 Å². The molecular weight excluding hydrogens is 395 g/mol. The van der Waals surface area contributed by atoms with E-state index in [9.17, 15) is 14.0 Å². The average molecular weight is 425 g/mol. The zero-order valence-corrected chi connectivity index (χ0v) is 18.1. The summed E-state index contributed by atoms with van der Waals surface area (Å²) in [4.78, 5) is 29.4. The van der Waals surface area contributed by atoms with Crippen LogP contribution in [0.2, 0.25) is 0 Å². The Morgan fingerprint density at radius 3 is 2.58 bits per heavy atom. The van der Waals surface area contributed by atoms with Crippen molar-refractivity contribution in [3.8, 4) is 0 Å². The summed E-state index contributed by atoms with van der Waals surface area (Å²) in [5.74, 6) is -1.93. The number of carbonyl (C=O) groups excluding carboxylic acids is 2. The molecule has 2 aliphatic rings. The Balaban J connectivity index is 1.43. The van der Waals surface area contributed by atoms with Gasteiger partial charge in [0.05, 0.1) is 6.04 Å². The van der Waals surface area contributed by atoms with E-state index in [1.165, 1.54) is 17.3 Å². The van der Waals surface area contributed by atoms with Crippen LogP contribution in [0.5, 0.6) is 0 Å². The lowest BCUT2D eigenvalue weighted by Crippen LogP contribution is -2.41. The first kappa shape index (κ1) is 21.3. The quantitative estimate of drug-likeness (QED) is 0.725. The SMILES string of the molecule is Cc1ccc(NC(=O)C(=O)NCC(c2ccc3c(c2)CCN3C)N2CCCC2)cc1F. The van der Waals surface area contributed by atoms with Gasteiger partial charge in [-0.15, -0.1) is 0 Å². The Bertz CT molecular complexity index is 988. The lowest BCUT2D eigenvalue weighted by molar-refractivity contribution is -0.136. The number of nitrogens with one attached hydrogen (secondary N) is 2. The normalized spacial score (nSPS) is 16.8. The molecule has 2 amide bonds. The molecule has 1 fully saturated rings. The molecule has 0 aliphatic carbocycles.